The number of piperazine rings is 1. The summed E-state index contributed by atoms with van der Waals surface area (Å²) in [6.07, 6.45) is 3.64. The molecule has 2 aromatic rings. The van der Waals surface area contributed by atoms with Gasteiger partial charge in [0.05, 0.1) is 4.92 Å². The Morgan fingerprint density at radius 1 is 1.12 bits per heavy atom. The topological polar surface area (TPSA) is 112 Å². The zero-order valence-electron chi connectivity index (χ0n) is 19.5. The summed E-state index contributed by atoms with van der Waals surface area (Å²) < 4.78 is 0. The lowest BCUT2D eigenvalue weighted by molar-refractivity contribution is -0.383. The number of benzene rings is 1. The smallest absolute Gasteiger partial charge is 0.348 e. The van der Waals surface area contributed by atoms with Crippen LogP contribution >= 0.6 is 0 Å². The third kappa shape index (κ3) is 6.59. The van der Waals surface area contributed by atoms with Crippen LogP contribution in [0.5, 0.6) is 0 Å². The van der Waals surface area contributed by atoms with E-state index in [1.54, 1.807) is 19.9 Å². The number of likely N-dealkylation sites (N-methyl/N-ethyl adjacent to an activating group) is 1. The van der Waals surface area contributed by atoms with Gasteiger partial charge in [-0.2, -0.15) is 0 Å². The molecular weight excluding hydrogens is 420 g/mol. The molecule has 0 saturated carbocycles. The van der Waals surface area contributed by atoms with Crippen molar-refractivity contribution >= 4 is 35.3 Å². The van der Waals surface area contributed by atoms with E-state index in [9.17, 15) is 10.1 Å². The van der Waals surface area contributed by atoms with E-state index in [-0.39, 0.29) is 17.3 Å². The summed E-state index contributed by atoms with van der Waals surface area (Å²) >= 11 is 0. The van der Waals surface area contributed by atoms with E-state index in [0.29, 0.717) is 30.4 Å². The van der Waals surface area contributed by atoms with E-state index < -0.39 is 4.92 Å². The van der Waals surface area contributed by atoms with Gasteiger partial charge in [0.1, 0.15) is 5.84 Å². The van der Waals surface area contributed by atoms with Crippen molar-refractivity contribution < 1.29 is 4.92 Å². The highest BCUT2D eigenvalue weighted by molar-refractivity contribution is 5.84. The maximum atomic E-state index is 12.1. The molecular formula is C23H30N8O2. The number of aromatic nitrogens is 2. The molecule has 1 aliphatic heterocycles. The van der Waals surface area contributed by atoms with Crippen LogP contribution in [0.15, 0.2) is 41.5 Å². The van der Waals surface area contributed by atoms with Crippen LogP contribution in [0.2, 0.25) is 0 Å². The van der Waals surface area contributed by atoms with Crippen molar-refractivity contribution in [3.8, 4) is 0 Å². The highest BCUT2D eigenvalue weighted by atomic mass is 16.6. The molecule has 0 aliphatic carbocycles. The van der Waals surface area contributed by atoms with E-state index in [1.165, 1.54) is 5.56 Å². The van der Waals surface area contributed by atoms with E-state index in [4.69, 9.17) is 0 Å². The van der Waals surface area contributed by atoms with Crippen molar-refractivity contribution in [3.05, 3.63) is 63.6 Å². The Balaban J connectivity index is 2.06. The number of hydrazine groups is 1. The van der Waals surface area contributed by atoms with Crippen molar-refractivity contribution in [2.24, 2.45) is 4.99 Å². The molecule has 1 aromatic carbocycles. The van der Waals surface area contributed by atoms with Crippen LogP contribution in [-0.4, -0.2) is 58.9 Å². The molecule has 0 bridgehead atoms. The molecule has 0 radical (unpaired) electrons. The molecule has 1 fully saturated rings. The third-order valence-electron chi connectivity index (χ3n) is 5.08. The van der Waals surface area contributed by atoms with E-state index >= 15 is 0 Å². The van der Waals surface area contributed by atoms with Gasteiger partial charge in [0.15, 0.2) is 5.82 Å². The van der Waals surface area contributed by atoms with Crippen LogP contribution in [0, 0.1) is 17.0 Å². The lowest BCUT2D eigenvalue weighted by Crippen LogP contribution is -2.45. The van der Waals surface area contributed by atoms with Gasteiger partial charge in [-0.25, -0.2) is 15.0 Å². The highest BCUT2D eigenvalue weighted by Crippen LogP contribution is 2.35. The maximum Gasteiger partial charge on any atom is 0.355 e. The monoisotopic (exact) mass is 450 g/mol. The molecule has 174 valence electrons. The van der Waals surface area contributed by atoms with Crippen LogP contribution in [0.1, 0.15) is 30.8 Å². The van der Waals surface area contributed by atoms with Gasteiger partial charge < -0.3 is 15.2 Å². The number of aliphatic imine (C=N–C) groups is 1. The average molecular weight is 451 g/mol. The Bertz CT molecular complexity index is 1070. The molecule has 0 unspecified atom stereocenters. The van der Waals surface area contributed by atoms with Crippen LogP contribution < -0.4 is 15.8 Å². The summed E-state index contributed by atoms with van der Waals surface area (Å²) in [6.45, 7) is 12.1. The fourth-order valence-corrected chi connectivity index (χ4v) is 3.23. The van der Waals surface area contributed by atoms with Crippen molar-refractivity contribution in [1.29, 1.82) is 0 Å². The molecule has 0 atom stereocenters. The number of hydrogen-bond acceptors (Lipinski definition) is 8. The molecule has 10 heteroatoms. The minimum absolute atomic E-state index is 0.000925. The standard InChI is InChI=1S/C23H30N8O2/c1-16(2)27-28-18(4)24-22-21(31(32)33)23(30-14-12-29(5)13-15-30)26-20(25-22)11-10-19-8-6-17(3)7-9-19/h6-11,27H,1,12-15H2,2-5H3,(H,24,25,26,28)/b11-10+. The van der Waals surface area contributed by atoms with Gasteiger partial charge >= 0.3 is 5.69 Å². The number of anilines is 1. The second kappa shape index (κ2) is 10.7. The van der Waals surface area contributed by atoms with Gasteiger partial charge in [0.25, 0.3) is 0 Å². The van der Waals surface area contributed by atoms with E-state index in [2.05, 4.69) is 37.3 Å². The zero-order valence-corrected chi connectivity index (χ0v) is 19.5. The molecule has 2 heterocycles. The summed E-state index contributed by atoms with van der Waals surface area (Å²) in [5.41, 5.74) is 8.33. The second-order valence-electron chi connectivity index (χ2n) is 8.10. The van der Waals surface area contributed by atoms with Crippen molar-refractivity contribution in [3.63, 3.8) is 0 Å². The first-order valence-electron chi connectivity index (χ1n) is 10.7. The first-order chi connectivity index (χ1) is 15.7. The summed E-state index contributed by atoms with van der Waals surface area (Å²) in [6, 6.07) is 8.03. The lowest BCUT2D eigenvalue weighted by Gasteiger charge is -2.32. The summed E-state index contributed by atoms with van der Waals surface area (Å²) in [5, 5.41) is 12.1. The van der Waals surface area contributed by atoms with Crippen LogP contribution in [0.25, 0.3) is 12.2 Å². The lowest BCUT2D eigenvalue weighted by atomic mass is 10.1. The first kappa shape index (κ1) is 23.9. The van der Waals surface area contributed by atoms with Gasteiger partial charge in [0, 0.05) is 31.9 Å². The van der Waals surface area contributed by atoms with Crippen LogP contribution in [0.3, 0.4) is 0 Å². The molecule has 33 heavy (non-hydrogen) atoms. The molecule has 10 nitrogen and oxygen atoms in total. The van der Waals surface area contributed by atoms with Gasteiger partial charge in [-0.3, -0.25) is 15.5 Å². The van der Waals surface area contributed by atoms with Crippen molar-refractivity contribution in [2.75, 3.05) is 38.1 Å². The molecule has 1 aliphatic rings. The van der Waals surface area contributed by atoms with Crippen LogP contribution in [0.4, 0.5) is 17.3 Å². The maximum absolute atomic E-state index is 12.1. The number of nitro groups is 1. The number of amidine groups is 1. The van der Waals surface area contributed by atoms with Crippen LogP contribution in [-0.2, 0) is 0 Å². The molecule has 3 rings (SSSR count). The fourth-order valence-electron chi connectivity index (χ4n) is 3.23. The minimum Gasteiger partial charge on any atom is -0.348 e. The number of aryl methyl sites for hydroxylation is 1. The number of nitrogens with one attached hydrogen (secondary N) is 2. The number of allylic oxidation sites excluding steroid dienone is 1. The summed E-state index contributed by atoms with van der Waals surface area (Å²) in [5.74, 6) is 1.05. The Hall–Kier alpha value is -3.79. The highest BCUT2D eigenvalue weighted by Gasteiger charge is 2.30. The Morgan fingerprint density at radius 2 is 1.79 bits per heavy atom. The SMILES string of the molecule is C=C(C)NN/C(C)=N/c1nc(/C=C/c2ccc(C)cc2)nc(N2CCN(C)CC2)c1[N+](=O)[O-]. The predicted octanol–water partition coefficient (Wildman–Crippen LogP) is 3.29. The summed E-state index contributed by atoms with van der Waals surface area (Å²) in [7, 11) is 2.03. The molecule has 0 amide bonds. The van der Waals surface area contributed by atoms with Gasteiger partial charge in [0.2, 0.25) is 11.6 Å². The van der Waals surface area contributed by atoms with Gasteiger partial charge in [-0.05, 0) is 39.5 Å². The Labute approximate surface area is 193 Å². The summed E-state index contributed by atoms with van der Waals surface area (Å²) in [4.78, 5) is 29.1. The molecule has 0 spiro atoms. The number of rotatable bonds is 7. The Morgan fingerprint density at radius 3 is 2.39 bits per heavy atom. The third-order valence-corrected chi connectivity index (χ3v) is 5.08. The fraction of sp³-hybridized carbons (Fsp3) is 0.348. The second-order valence-corrected chi connectivity index (χ2v) is 8.10. The first-order valence-corrected chi connectivity index (χ1v) is 10.7. The van der Waals surface area contributed by atoms with Crippen molar-refractivity contribution in [2.45, 2.75) is 20.8 Å². The number of nitrogens with zero attached hydrogens (tertiary/aromatic N) is 6. The van der Waals surface area contributed by atoms with E-state index in [0.717, 1.165) is 18.7 Å². The zero-order chi connectivity index (χ0) is 24.0. The Kier molecular flexibility index (Phi) is 7.73. The molecule has 1 saturated heterocycles. The largest absolute Gasteiger partial charge is 0.355 e. The number of hydrogen-bond donors (Lipinski definition) is 2. The molecule has 2 N–H and O–H groups in total. The van der Waals surface area contributed by atoms with Gasteiger partial charge in [-0.15, -0.1) is 0 Å². The van der Waals surface area contributed by atoms with Crippen molar-refractivity contribution in [1.82, 2.24) is 25.7 Å². The minimum atomic E-state index is -0.459. The quantitative estimate of drug-likeness (QED) is 0.286. The molecule has 1 aromatic heterocycles. The predicted molar refractivity (Wildman–Crippen MR) is 132 cm³/mol. The normalized spacial score (nSPS) is 15.0. The average Bonchev–Trinajstić information content (AvgIpc) is 2.77. The van der Waals surface area contributed by atoms with E-state index in [1.807, 2.05) is 49.2 Å². The van der Waals surface area contributed by atoms with Gasteiger partial charge in [-0.1, -0.05) is 42.5 Å².